The SMILES string of the molecule is Brc1nnc(N2Cc3ccccc3C2)s1. The van der Waals surface area contributed by atoms with Gasteiger partial charge in [-0.1, -0.05) is 35.6 Å². The van der Waals surface area contributed by atoms with Gasteiger partial charge in [0.25, 0.3) is 0 Å². The molecule has 15 heavy (non-hydrogen) atoms. The van der Waals surface area contributed by atoms with Crippen LogP contribution >= 0.6 is 27.3 Å². The normalized spacial score (nSPS) is 14.3. The van der Waals surface area contributed by atoms with Gasteiger partial charge in [0.05, 0.1) is 0 Å². The fourth-order valence-corrected chi connectivity index (χ4v) is 2.88. The third-order valence-electron chi connectivity index (χ3n) is 2.50. The zero-order chi connectivity index (χ0) is 10.3. The van der Waals surface area contributed by atoms with Crippen molar-refractivity contribution in [2.75, 3.05) is 4.90 Å². The molecule has 76 valence electrons. The third kappa shape index (κ3) is 1.66. The molecule has 0 aliphatic carbocycles. The van der Waals surface area contributed by atoms with E-state index in [9.17, 15) is 0 Å². The summed E-state index contributed by atoms with van der Waals surface area (Å²) in [5, 5.41) is 9.08. The van der Waals surface area contributed by atoms with Crippen molar-refractivity contribution in [1.29, 1.82) is 0 Å². The average molecular weight is 282 g/mol. The van der Waals surface area contributed by atoms with Crippen molar-refractivity contribution < 1.29 is 0 Å². The van der Waals surface area contributed by atoms with Crippen LogP contribution < -0.4 is 4.90 Å². The van der Waals surface area contributed by atoms with E-state index in [1.165, 1.54) is 11.1 Å². The standard InChI is InChI=1S/C10H8BrN3S/c11-9-12-13-10(15-9)14-5-7-3-1-2-4-8(7)6-14/h1-4H,5-6H2. The van der Waals surface area contributed by atoms with Crippen molar-refractivity contribution in [2.24, 2.45) is 0 Å². The first-order valence-electron chi connectivity index (χ1n) is 4.63. The molecule has 1 aromatic carbocycles. The summed E-state index contributed by atoms with van der Waals surface area (Å²) < 4.78 is 0.841. The predicted octanol–water partition coefficient (Wildman–Crippen LogP) is 2.82. The van der Waals surface area contributed by atoms with Crippen molar-refractivity contribution in [3.05, 3.63) is 39.3 Å². The van der Waals surface area contributed by atoms with Crippen LogP contribution in [0.3, 0.4) is 0 Å². The summed E-state index contributed by atoms with van der Waals surface area (Å²) in [6.45, 7) is 1.88. The van der Waals surface area contributed by atoms with Gasteiger partial charge in [0.2, 0.25) is 5.13 Å². The topological polar surface area (TPSA) is 29.0 Å². The second-order valence-electron chi connectivity index (χ2n) is 3.46. The Morgan fingerprint density at radius 2 is 1.80 bits per heavy atom. The molecule has 0 saturated carbocycles. The van der Waals surface area contributed by atoms with Gasteiger partial charge >= 0.3 is 0 Å². The Balaban J connectivity index is 1.90. The van der Waals surface area contributed by atoms with Crippen LogP contribution in [0.2, 0.25) is 0 Å². The molecule has 1 aromatic heterocycles. The summed E-state index contributed by atoms with van der Waals surface area (Å²) in [4.78, 5) is 2.24. The number of halogens is 1. The van der Waals surface area contributed by atoms with Gasteiger partial charge in [0, 0.05) is 13.1 Å². The number of rotatable bonds is 1. The van der Waals surface area contributed by atoms with Crippen molar-refractivity contribution in [3.8, 4) is 0 Å². The molecule has 5 heteroatoms. The molecule has 1 aliphatic rings. The van der Waals surface area contributed by atoms with E-state index in [0.29, 0.717) is 0 Å². The zero-order valence-corrected chi connectivity index (χ0v) is 10.3. The van der Waals surface area contributed by atoms with Crippen LogP contribution in [0, 0.1) is 0 Å². The molecule has 0 fully saturated rings. The lowest BCUT2D eigenvalue weighted by atomic mass is 10.1. The molecular formula is C10H8BrN3S. The van der Waals surface area contributed by atoms with E-state index in [1.54, 1.807) is 11.3 Å². The Bertz CT molecular complexity index is 472. The molecule has 1 aliphatic heterocycles. The minimum absolute atomic E-state index is 0.841. The fraction of sp³-hybridized carbons (Fsp3) is 0.200. The van der Waals surface area contributed by atoms with Gasteiger partial charge in [-0.15, -0.1) is 10.2 Å². The van der Waals surface area contributed by atoms with Crippen LogP contribution in [0.5, 0.6) is 0 Å². The van der Waals surface area contributed by atoms with E-state index in [4.69, 9.17) is 0 Å². The molecule has 3 rings (SSSR count). The van der Waals surface area contributed by atoms with Gasteiger partial charge in [-0.25, -0.2) is 0 Å². The maximum absolute atomic E-state index is 4.13. The Hall–Kier alpha value is -0.940. The van der Waals surface area contributed by atoms with Crippen LogP contribution in [-0.4, -0.2) is 10.2 Å². The molecule has 0 N–H and O–H groups in total. The molecular weight excluding hydrogens is 274 g/mol. The summed E-state index contributed by atoms with van der Waals surface area (Å²) in [5.41, 5.74) is 2.78. The molecule has 2 heterocycles. The van der Waals surface area contributed by atoms with Gasteiger partial charge in [0.15, 0.2) is 3.92 Å². The van der Waals surface area contributed by atoms with Crippen LogP contribution in [-0.2, 0) is 13.1 Å². The summed E-state index contributed by atoms with van der Waals surface area (Å²) in [6.07, 6.45) is 0. The van der Waals surface area contributed by atoms with E-state index in [-0.39, 0.29) is 0 Å². The number of aromatic nitrogens is 2. The van der Waals surface area contributed by atoms with E-state index >= 15 is 0 Å². The molecule has 0 atom stereocenters. The average Bonchev–Trinajstić information content (AvgIpc) is 2.82. The van der Waals surface area contributed by atoms with Gasteiger partial charge in [-0.05, 0) is 27.1 Å². The largest absolute Gasteiger partial charge is 0.338 e. The van der Waals surface area contributed by atoms with Crippen LogP contribution in [0.15, 0.2) is 28.2 Å². The lowest BCUT2D eigenvalue weighted by Crippen LogP contribution is -2.13. The predicted molar refractivity (Wildman–Crippen MR) is 63.9 cm³/mol. The number of benzene rings is 1. The summed E-state index contributed by atoms with van der Waals surface area (Å²) in [6, 6.07) is 8.51. The number of fused-ring (bicyclic) bond motifs is 1. The second kappa shape index (κ2) is 3.57. The van der Waals surface area contributed by atoms with E-state index < -0.39 is 0 Å². The number of nitrogens with zero attached hydrogens (tertiary/aromatic N) is 3. The van der Waals surface area contributed by atoms with E-state index in [0.717, 1.165) is 22.1 Å². The Morgan fingerprint density at radius 1 is 1.13 bits per heavy atom. The molecule has 0 amide bonds. The maximum Gasteiger partial charge on any atom is 0.209 e. The first kappa shape index (κ1) is 9.30. The lowest BCUT2D eigenvalue weighted by Gasteiger charge is -2.11. The summed E-state index contributed by atoms with van der Waals surface area (Å²) in [5.74, 6) is 0. The number of hydrogen-bond acceptors (Lipinski definition) is 4. The molecule has 0 bridgehead atoms. The van der Waals surface area contributed by atoms with Crippen molar-refractivity contribution >= 4 is 32.4 Å². The van der Waals surface area contributed by atoms with Gasteiger partial charge in [0.1, 0.15) is 0 Å². The minimum Gasteiger partial charge on any atom is -0.338 e. The van der Waals surface area contributed by atoms with Crippen LogP contribution in [0.4, 0.5) is 5.13 Å². The summed E-state index contributed by atoms with van der Waals surface area (Å²) in [7, 11) is 0. The molecule has 0 spiro atoms. The first-order valence-corrected chi connectivity index (χ1v) is 6.24. The Kier molecular flexibility index (Phi) is 2.21. The highest BCUT2D eigenvalue weighted by atomic mass is 79.9. The van der Waals surface area contributed by atoms with Crippen molar-refractivity contribution in [2.45, 2.75) is 13.1 Å². The number of anilines is 1. The van der Waals surface area contributed by atoms with Crippen LogP contribution in [0.25, 0.3) is 0 Å². The highest BCUT2D eigenvalue weighted by Gasteiger charge is 2.21. The fourth-order valence-electron chi connectivity index (χ4n) is 1.79. The monoisotopic (exact) mass is 281 g/mol. The molecule has 0 saturated heterocycles. The van der Waals surface area contributed by atoms with Crippen molar-refractivity contribution in [3.63, 3.8) is 0 Å². The highest BCUT2D eigenvalue weighted by molar-refractivity contribution is 9.11. The Morgan fingerprint density at radius 3 is 2.33 bits per heavy atom. The molecule has 3 nitrogen and oxygen atoms in total. The lowest BCUT2D eigenvalue weighted by molar-refractivity contribution is 0.855. The Labute approximate surface area is 99.9 Å². The first-order chi connectivity index (χ1) is 7.33. The third-order valence-corrected chi connectivity index (χ3v) is 3.92. The molecule has 2 aromatic rings. The second-order valence-corrected chi connectivity index (χ2v) is 5.69. The number of hydrogen-bond donors (Lipinski definition) is 0. The summed E-state index contributed by atoms with van der Waals surface area (Å²) >= 11 is 4.91. The van der Waals surface area contributed by atoms with Gasteiger partial charge < -0.3 is 4.90 Å². The van der Waals surface area contributed by atoms with Crippen LogP contribution in [0.1, 0.15) is 11.1 Å². The highest BCUT2D eigenvalue weighted by Crippen LogP contribution is 2.31. The minimum atomic E-state index is 0.841. The van der Waals surface area contributed by atoms with E-state index in [2.05, 4.69) is 55.3 Å². The van der Waals surface area contributed by atoms with Gasteiger partial charge in [-0.2, -0.15) is 0 Å². The maximum atomic E-state index is 4.13. The van der Waals surface area contributed by atoms with Gasteiger partial charge in [-0.3, -0.25) is 0 Å². The van der Waals surface area contributed by atoms with E-state index in [1.807, 2.05) is 0 Å². The smallest absolute Gasteiger partial charge is 0.209 e. The molecule has 0 unspecified atom stereocenters. The molecule has 0 radical (unpaired) electrons. The zero-order valence-electron chi connectivity index (χ0n) is 7.85. The quantitative estimate of drug-likeness (QED) is 0.805. The van der Waals surface area contributed by atoms with Crippen molar-refractivity contribution in [1.82, 2.24) is 10.2 Å².